The van der Waals surface area contributed by atoms with Gasteiger partial charge in [-0.1, -0.05) is 6.92 Å². The molecule has 0 saturated carbocycles. The van der Waals surface area contributed by atoms with Crippen molar-refractivity contribution in [3.63, 3.8) is 0 Å². The van der Waals surface area contributed by atoms with E-state index in [2.05, 4.69) is 5.10 Å². The summed E-state index contributed by atoms with van der Waals surface area (Å²) >= 11 is 0.945. The van der Waals surface area contributed by atoms with Crippen molar-refractivity contribution in [1.82, 2.24) is 4.41 Å². The zero-order valence-electron chi connectivity index (χ0n) is 11.2. The number of rotatable bonds is 3. The minimum atomic E-state index is -4.78. The molecule has 10 heteroatoms. The Kier molecular flexibility index (Phi) is 3.83. The zero-order chi connectivity index (χ0) is 16.1. The van der Waals surface area contributed by atoms with Crippen LogP contribution in [-0.4, -0.2) is 35.6 Å². The Bertz CT molecular complexity index is 677. The van der Waals surface area contributed by atoms with Crippen molar-refractivity contribution >= 4 is 27.1 Å². The fourth-order valence-electron chi connectivity index (χ4n) is 1.88. The van der Waals surface area contributed by atoms with Crippen LogP contribution in [0.15, 0.2) is 21.4 Å². The molecule has 5 nitrogen and oxygen atoms in total. The van der Waals surface area contributed by atoms with Gasteiger partial charge in [-0.15, -0.1) is 11.3 Å². The summed E-state index contributed by atoms with van der Waals surface area (Å²) in [6.07, 6.45) is -5.08. The Morgan fingerprint density at radius 3 is 2.52 bits per heavy atom. The number of thiophene rings is 1. The standard InChI is InChI=1S/C11H13F3N2O3S2/c1-3-7-4-5-9(20-7)21(18,19)16-10(2,17)6-8(15-16)11(12,13)14/h4-5,17H,3,6H2,1-2H3/t10-/m1/s1. The Morgan fingerprint density at radius 2 is 2.10 bits per heavy atom. The molecule has 1 N–H and O–H groups in total. The van der Waals surface area contributed by atoms with Gasteiger partial charge in [0.25, 0.3) is 10.0 Å². The molecule has 1 aromatic heterocycles. The minimum absolute atomic E-state index is 0.146. The van der Waals surface area contributed by atoms with E-state index < -0.39 is 34.1 Å². The summed E-state index contributed by atoms with van der Waals surface area (Å²) in [5.74, 6) is 0. The van der Waals surface area contributed by atoms with Gasteiger partial charge in [-0.3, -0.25) is 0 Å². The number of halogens is 3. The Morgan fingerprint density at radius 1 is 1.48 bits per heavy atom. The lowest BCUT2D eigenvalue weighted by Crippen LogP contribution is -2.43. The zero-order valence-corrected chi connectivity index (χ0v) is 12.8. The molecule has 0 aliphatic carbocycles. The van der Waals surface area contributed by atoms with E-state index in [0.717, 1.165) is 23.1 Å². The highest BCUT2D eigenvalue weighted by Crippen LogP contribution is 2.37. The lowest BCUT2D eigenvalue weighted by Gasteiger charge is -2.27. The number of hydrogen-bond donors (Lipinski definition) is 1. The van der Waals surface area contributed by atoms with E-state index in [1.54, 1.807) is 6.07 Å². The molecule has 0 bridgehead atoms. The van der Waals surface area contributed by atoms with Gasteiger partial charge >= 0.3 is 6.18 Å². The lowest BCUT2D eigenvalue weighted by atomic mass is 10.1. The summed E-state index contributed by atoms with van der Waals surface area (Å²) in [7, 11) is -4.31. The van der Waals surface area contributed by atoms with Gasteiger partial charge in [-0.2, -0.15) is 31.1 Å². The van der Waals surface area contributed by atoms with Crippen molar-refractivity contribution < 1.29 is 26.7 Å². The fraction of sp³-hybridized carbons (Fsp3) is 0.545. The van der Waals surface area contributed by atoms with Crippen LogP contribution < -0.4 is 0 Å². The van der Waals surface area contributed by atoms with Gasteiger partial charge in [0, 0.05) is 11.3 Å². The second kappa shape index (κ2) is 4.96. The average Bonchev–Trinajstić information content (AvgIpc) is 2.92. The van der Waals surface area contributed by atoms with Crippen molar-refractivity contribution in [2.24, 2.45) is 5.10 Å². The number of hydrogen-bond acceptors (Lipinski definition) is 5. The van der Waals surface area contributed by atoms with Gasteiger partial charge in [-0.05, 0) is 25.5 Å². The maximum absolute atomic E-state index is 12.7. The van der Waals surface area contributed by atoms with Crippen LogP contribution in [0.5, 0.6) is 0 Å². The van der Waals surface area contributed by atoms with E-state index in [1.165, 1.54) is 6.07 Å². The van der Waals surface area contributed by atoms with Crippen LogP contribution in [0, 0.1) is 0 Å². The van der Waals surface area contributed by atoms with E-state index in [0.29, 0.717) is 6.42 Å². The minimum Gasteiger partial charge on any atom is -0.368 e. The molecule has 0 spiro atoms. The molecule has 1 aliphatic rings. The molecular weight excluding hydrogens is 329 g/mol. The number of aryl methyl sites for hydroxylation is 1. The summed E-state index contributed by atoms with van der Waals surface area (Å²) in [6.45, 7) is 2.81. The first-order chi connectivity index (χ1) is 9.48. The fourth-order valence-corrected chi connectivity index (χ4v) is 4.71. The first kappa shape index (κ1) is 16.2. The van der Waals surface area contributed by atoms with E-state index in [9.17, 15) is 26.7 Å². The number of hydrazone groups is 1. The number of nitrogens with zero attached hydrogens (tertiary/aromatic N) is 2. The van der Waals surface area contributed by atoms with Gasteiger partial charge in [0.05, 0.1) is 0 Å². The topological polar surface area (TPSA) is 70.0 Å². The monoisotopic (exact) mass is 342 g/mol. The highest BCUT2D eigenvalue weighted by atomic mass is 32.2. The van der Waals surface area contributed by atoms with Gasteiger partial charge < -0.3 is 5.11 Å². The van der Waals surface area contributed by atoms with Crippen LogP contribution in [0.4, 0.5) is 13.2 Å². The molecule has 2 rings (SSSR count). The van der Waals surface area contributed by atoms with E-state index in [-0.39, 0.29) is 8.62 Å². The quantitative estimate of drug-likeness (QED) is 0.916. The van der Waals surface area contributed by atoms with E-state index in [1.807, 2.05) is 6.92 Å². The first-order valence-electron chi connectivity index (χ1n) is 5.99. The van der Waals surface area contributed by atoms with E-state index >= 15 is 0 Å². The molecule has 21 heavy (non-hydrogen) atoms. The average molecular weight is 342 g/mol. The van der Waals surface area contributed by atoms with Crippen LogP contribution in [-0.2, 0) is 16.4 Å². The Balaban J connectivity index is 2.45. The summed E-state index contributed by atoms with van der Waals surface area (Å²) in [6, 6.07) is 2.88. The maximum Gasteiger partial charge on any atom is 0.431 e. The van der Waals surface area contributed by atoms with E-state index in [4.69, 9.17) is 0 Å². The van der Waals surface area contributed by atoms with Crippen LogP contribution in [0.2, 0.25) is 0 Å². The molecule has 1 atom stereocenters. The number of aliphatic hydroxyl groups is 1. The summed E-state index contributed by atoms with van der Waals surface area (Å²) < 4.78 is 62.7. The third-order valence-electron chi connectivity index (χ3n) is 2.92. The third kappa shape index (κ3) is 2.92. The Labute approximate surface area is 123 Å². The molecule has 0 radical (unpaired) electrons. The molecule has 0 aromatic carbocycles. The highest BCUT2D eigenvalue weighted by molar-refractivity contribution is 7.91. The number of alkyl halides is 3. The summed E-state index contributed by atoms with van der Waals surface area (Å²) in [5.41, 5.74) is -3.55. The predicted octanol–water partition coefficient (Wildman–Crippen LogP) is 2.33. The van der Waals surface area contributed by atoms with Gasteiger partial charge in [0.2, 0.25) is 0 Å². The normalized spacial score (nSPS) is 23.5. The lowest BCUT2D eigenvalue weighted by molar-refractivity contribution is -0.0637. The molecule has 0 amide bonds. The van der Waals surface area contributed by atoms with Gasteiger partial charge in [0.1, 0.15) is 9.92 Å². The van der Waals surface area contributed by atoms with Crippen molar-refractivity contribution in [2.75, 3.05) is 0 Å². The molecule has 1 aliphatic heterocycles. The van der Waals surface area contributed by atoms with Crippen LogP contribution >= 0.6 is 11.3 Å². The molecule has 0 unspecified atom stereocenters. The third-order valence-corrected chi connectivity index (χ3v) is 6.40. The Hall–Kier alpha value is -1.13. The van der Waals surface area contributed by atoms with Crippen molar-refractivity contribution in [3.8, 4) is 0 Å². The van der Waals surface area contributed by atoms with Crippen molar-refractivity contribution in [1.29, 1.82) is 0 Å². The SMILES string of the molecule is CCc1ccc(S(=O)(=O)N2N=C(C(F)(F)F)C[C@@]2(C)O)s1. The summed E-state index contributed by atoms with van der Waals surface area (Å²) in [4.78, 5) is 0.771. The van der Waals surface area contributed by atoms with Crippen molar-refractivity contribution in [2.45, 2.75) is 42.8 Å². The molecule has 2 heterocycles. The molecule has 0 saturated heterocycles. The largest absolute Gasteiger partial charge is 0.431 e. The smallest absolute Gasteiger partial charge is 0.368 e. The maximum atomic E-state index is 12.7. The second-order valence-corrected chi connectivity index (χ2v) is 7.92. The van der Waals surface area contributed by atoms with Crippen LogP contribution in [0.3, 0.4) is 0 Å². The molecule has 118 valence electrons. The van der Waals surface area contributed by atoms with Crippen LogP contribution in [0.1, 0.15) is 25.1 Å². The highest BCUT2D eigenvalue weighted by Gasteiger charge is 2.52. The molecule has 1 aromatic rings. The number of sulfonamides is 1. The summed E-state index contributed by atoms with van der Waals surface area (Å²) in [5, 5.41) is 13.1. The predicted molar refractivity (Wildman–Crippen MR) is 71.5 cm³/mol. The van der Waals surface area contributed by atoms with Crippen LogP contribution in [0.25, 0.3) is 0 Å². The first-order valence-corrected chi connectivity index (χ1v) is 8.25. The van der Waals surface area contributed by atoms with Gasteiger partial charge in [-0.25, -0.2) is 0 Å². The molecule has 0 fully saturated rings. The van der Waals surface area contributed by atoms with Gasteiger partial charge in [0.15, 0.2) is 5.72 Å². The second-order valence-electron chi connectivity index (χ2n) is 4.76. The van der Waals surface area contributed by atoms with Crippen molar-refractivity contribution in [3.05, 3.63) is 17.0 Å². The molecular formula is C11H13F3N2O3S2.